The molecule has 0 spiro atoms. The molecule has 1 fully saturated rings. The summed E-state index contributed by atoms with van der Waals surface area (Å²) in [4.78, 5) is 13.3. The summed E-state index contributed by atoms with van der Waals surface area (Å²) < 4.78 is 66.1. The Labute approximate surface area is 220 Å². The van der Waals surface area contributed by atoms with Crippen molar-refractivity contribution in [2.24, 2.45) is 5.10 Å². The first-order chi connectivity index (χ1) is 18.3. The second-order valence-corrected chi connectivity index (χ2v) is 12.3. The first-order valence-corrected chi connectivity index (χ1v) is 14.5. The molecule has 13 heteroatoms. The molecule has 0 aliphatic carbocycles. The van der Waals surface area contributed by atoms with E-state index in [-0.39, 0.29) is 36.2 Å². The molecule has 1 N–H and O–H groups in total. The van der Waals surface area contributed by atoms with Crippen LogP contribution in [-0.2, 0) is 24.8 Å². The molecule has 1 atom stereocenters. The highest BCUT2D eigenvalue weighted by molar-refractivity contribution is 7.89. The van der Waals surface area contributed by atoms with Crippen LogP contribution in [0.5, 0.6) is 11.5 Å². The number of nitrogens with one attached hydrogen (secondary N) is 1. The van der Waals surface area contributed by atoms with E-state index in [9.17, 15) is 21.6 Å². The molecule has 0 saturated carbocycles. The van der Waals surface area contributed by atoms with Gasteiger partial charge in [-0.25, -0.2) is 22.3 Å². The number of ether oxygens (including phenoxy) is 2. The van der Waals surface area contributed by atoms with E-state index in [1.807, 2.05) is 0 Å². The number of hydrogen-bond acceptors (Lipinski definition) is 8. The predicted octanol–water partition coefficient (Wildman–Crippen LogP) is 1.63. The molecule has 11 nitrogen and oxygen atoms in total. The Morgan fingerprint density at radius 1 is 0.842 bits per heavy atom. The quantitative estimate of drug-likeness (QED) is 0.345. The third-order valence-electron chi connectivity index (χ3n) is 6.11. The minimum atomic E-state index is -4.11. The van der Waals surface area contributed by atoms with Crippen LogP contribution in [0.4, 0.5) is 0 Å². The lowest BCUT2D eigenvalue weighted by molar-refractivity contribution is -0.125. The highest BCUT2D eigenvalue weighted by Crippen LogP contribution is 2.32. The zero-order chi connectivity index (χ0) is 26.8. The minimum Gasteiger partial charge on any atom is -0.454 e. The number of hydrazone groups is 1. The van der Waals surface area contributed by atoms with Gasteiger partial charge in [-0.15, -0.1) is 0 Å². The lowest BCUT2D eigenvalue weighted by atomic mass is 10.2. The molecule has 2 heterocycles. The van der Waals surface area contributed by atoms with Gasteiger partial charge in [0.2, 0.25) is 26.8 Å². The Morgan fingerprint density at radius 2 is 1.47 bits per heavy atom. The molecule has 0 aromatic heterocycles. The van der Waals surface area contributed by atoms with Gasteiger partial charge in [0.1, 0.15) is 6.04 Å². The summed E-state index contributed by atoms with van der Waals surface area (Å²) >= 11 is 0. The van der Waals surface area contributed by atoms with Gasteiger partial charge in [0, 0.05) is 19.6 Å². The predicted molar refractivity (Wildman–Crippen MR) is 138 cm³/mol. The van der Waals surface area contributed by atoms with Crippen LogP contribution in [0.2, 0.25) is 0 Å². The zero-order valence-corrected chi connectivity index (χ0v) is 21.6. The standard InChI is InChI=1S/C25H24N4O7S2/c30-25(27-26-16-19-11-12-23-24(15-19)36-18-35-23)22-17-28(37(31,32)20-7-3-1-4-8-20)13-14-29(22)38(33,34)21-9-5-2-6-10-21/h1-12,15-16,22H,13-14,17-18H2,(H,27,30)/b26-16-/t22-/m1/s1. The summed E-state index contributed by atoms with van der Waals surface area (Å²) in [6.07, 6.45) is 1.37. The fourth-order valence-electron chi connectivity index (χ4n) is 4.17. The number of rotatable bonds is 7. The topological polar surface area (TPSA) is 135 Å². The normalized spacial score (nSPS) is 18.5. The van der Waals surface area contributed by atoms with Crippen LogP contribution in [0.3, 0.4) is 0 Å². The van der Waals surface area contributed by atoms with Gasteiger partial charge in [-0.05, 0) is 48.0 Å². The zero-order valence-electron chi connectivity index (χ0n) is 20.0. The van der Waals surface area contributed by atoms with E-state index in [0.717, 1.165) is 8.61 Å². The first-order valence-electron chi connectivity index (χ1n) is 11.6. The van der Waals surface area contributed by atoms with E-state index in [2.05, 4.69) is 10.5 Å². The maximum absolute atomic E-state index is 13.4. The maximum Gasteiger partial charge on any atom is 0.259 e. The third-order valence-corrected chi connectivity index (χ3v) is 9.91. The number of amides is 1. The van der Waals surface area contributed by atoms with Crippen molar-refractivity contribution < 1.29 is 31.1 Å². The van der Waals surface area contributed by atoms with Gasteiger partial charge in [-0.1, -0.05) is 36.4 Å². The van der Waals surface area contributed by atoms with Crippen molar-refractivity contribution in [3.8, 4) is 11.5 Å². The first kappa shape index (κ1) is 25.9. The minimum absolute atomic E-state index is 0.000952. The van der Waals surface area contributed by atoms with Crippen molar-refractivity contribution in [1.29, 1.82) is 0 Å². The molecule has 0 radical (unpaired) electrons. The second kappa shape index (κ2) is 10.5. The van der Waals surface area contributed by atoms with Crippen LogP contribution in [0, 0.1) is 0 Å². The van der Waals surface area contributed by atoms with Crippen LogP contribution in [0.1, 0.15) is 5.56 Å². The van der Waals surface area contributed by atoms with Crippen LogP contribution in [0.15, 0.2) is 93.8 Å². The molecular formula is C25H24N4O7S2. The number of benzene rings is 3. The van der Waals surface area contributed by atoms with Crippen LogP contribution < -0.4 is 14.9 Å². The van der Waals surface area contributed by atoms with Gasteiger partial charge >= 0.3 is 0 Å². The third kappa shape index (κ3) is 5.13. The Hall–Kier alpha value is -3.78. The Balaban J connectivity index is 1.40. The largest absolute Gasteiger partial charge is 0.454 e. The summed E-state index contributed by atoms with van der Waals surface area (Å²) in [7, 11) is -8.07. The average Bonchev–Trinajstić information content (AvgIpc) is 3.42. The Bertz CT molecular complexity index is 1560. The van der Waals surface area contributed by atoms with Crippen LogP contribution >= 0.6 is 0 Å². The summed E-state index contributed by atoms with van der Waals surface area (Å²) in [6, 6.07) is 19.2. The van der Waals surface area contributed by atoms with E-state index < -0.39 is 32.0 Å². The van der Waals surface area contributed by atoms with Gasteiger partial charge in [0.05, 0.1) is 16.0 Å². The SMILES string of the molecule is O=C(N/N=C\c1ccc2c(c1)OCO2)[C@H]1CN(S(=O)(=O)c2ccccc2)CCN1S(=O)(=O)c1ccccc1. The number of sulfonamides is 2. The number of fused-ring (bicyclic) bond motifs is 1. The number of hydrogen-bond donors (Lipinski definition) is 1. The number of nitrogens with zero attached hydrogens (tertiary/aromatic N) is 3. The van der Waals surface area contributed by atoms with Crippen LogP contribution in [-0.4, -0.2) is 70.0 Å². The Kier molecular flexibility index (Phi) is 7.17. The lowest BCUT2D eigenvalue weighted by Gasteiger charge is -2.38. The van der Waals surface area contributed by atoms with Crippen molar-refractivity contribution in [2.75, 3.05) is 26.4 Å². The number of piperazine rings is 1. The highest BCUT2D eigenvalue weighted by Gasteiger charge is 2.43. The molecule has 5 rings (SSSR count). The fourth-order valence-corrected chi connectivity index (χ4v) is 7.22. The monoisotopic (exact) mass is 556 g/mol. The van der Waals surface area contributed by atoms with Gasteiger partial charge in [0.25, 0.3) is 5.91 Å². The summed E-state index contributed by atoms with van der Waals surface area (Å²) in [5.74, 6) is 0.360. The molecule has 3 aromatic rings. The summed E-state index contributed by atoms with van der Waals surface area (Å²) in [5, 5.41) is 3.97. The van der Waals surface area contributed by atoms with Crippen molar-refractivity contribution in [1.82, 2.24) is 14.0 Å². The molecule has 2 aliphatic heterocycles. The van der Waals surface area contributed by atoms with Gasteiger partial charge in [0.15, 0.2) is 11.5 Å². The Morgan fingerprint density at radius 3 is 2.16 bits per heavy atom. The summed E-state index contributed by atoms with van der Waals surface area (Å²) in [6.45, 7) is -0.599. The summed E-state index contributed by atoms with van der Waals surface area (Å²) in [5.41, 5.74) is 2.98. The van der Waals surface area contributed by atoms with E-state index in [1.165, 1.54) is 30.5 Å². The molecule has 1 saturated heterocycles. The van der Waals surface area contributed by atoms with Crippen LogP contribution in [0.25, 0.3) is 0 Å². The number of carbonyl (C=O) groups excluding carboxylic acids is 1. The van der Waals surface area contributed by atoms with Crippen molar-refractivity contribution in [3.63, 3.8) is 0 Å². The average molecular weight is 557 g/mol. The maximum atomic E-state index is 13.4. The molecule has 198 valence electrons. The van der Waals surface area contributed by atoms with Crippen molar-refractivity contribution in [3.05, 3.63) is 84.4 Å². The van der Waals surface area contributed by atoms with Crippen molar-refractivity contribution >= 4 is 32.2 Å². The van der Waals surface area contributed by atoms with Gasteiger partial charge in [-0.2, -0.15) is 13.7 Å². The molecule has 38 heavy (non-hydrogen) atoms. The van der Waals surface area contributed by atoms with E-state index in [0.29, 0.717) is 17.1 Å². The smallest absolute Gasteiger partial charge is 0.259 e. The van der Waals surface area contributed by atoms with Crippen molar-refractivity contribution in [2.45, 2.75) is 15.8 Å². The molecule has 0 bridgehead atoms. The lowest BCUT2D eigenvalue weighted by Crippen LogP contribution is -2.60. The number of carbonyl (C=O) groups is 1. The molecule has 1 amide bonds. The van der Waals surface area contributed by atoms with Gasteiger partial charge < -0.3 is 9.47 Å². The molecule has 0 unspecified atom stereocenters. The molecular weight excluding hydrogens is 532 g/mol. The fraction of sp³-hybridized carbons (Fsp3) is 0.200. The van der Waals surface area contributed by atoms with E-state index in [4.69, 9.17) is 9.47 Å². The van der Waals surface area contributed by atoms with E-state index in [1.54, 1.807) is 54.6 Å². The van der Waals surface area contributed by atoms with E-state index >= 15 is 0 Å². The highest BCUT2D eigenvalue weighted by atomic mass is 32.2. The van der Waals surface area contributed by atoms with Gasteiger partial charge in [-0.3, -0.25) is 4.79 Å². The second-order valence-electron chi connectivity index (χ2n) is 8.47. The molecule has 3 aromatic carbocycles. The molecule has 2 aliphatic rings.